The van der Waals surface area contributed by atoms with E-state index in [1.165, 1.54) is 16.8 Å². The Morgan fingerprint density at radius 1 is 1.43 bits per heavy atom. The van der Waals surface area contributed by atoms with Gasteiger partial charge in [-0.25, -0.2) is 27.9 Å². The summed E-state index contributed by atoms with van der Waals surface area (Å²) in [6.45, 7) is 5.08. The number of hydrogen-bond acceptors (Lipinski definition) is 7. The van der Waals surface area contributed by atoms with Crippen LogP contribution >= 0.6 is 11.3 Å². The van der Waals surface area contributed by atoms with Crippen molar-refractivity contribution in [3.8, 4) is 0 Å². The predicted octanol–water partition coefficient (Wildman–Crippen LogP) is 1.78. The van der Waals surface area contributed by atoms with Crippen molar-refractivity contribution in [2.75, 3.05) is 19.3 Å². The van der Waals surface area contributed by atoms with Crippen molar-refractivity contribution in [2.24, 2.45) is 0 Å². The monoisotopic (exact) mass is 469 g/mol. The number of carbonyl (C=O) groups is 1. The van der Waals surface area contributed by atoms with E-state index in [1.54, 1.807) is 11.3 Å². The number of rotatable bonds is 6. The lowest BCUT2D eigenvalue weighted by molar-refractivity contribution is -0.192. The van der Waals surface area contributed by atoms with Crippen molar-refractivity contribution in [2.45, 2.75) is 38.7 Å². The Balaban J connectivity index is 0.000000396. The van der Waals surface area contributed by atoms with Crippen molar-refractivity contribution in [1.29, 1.82) is 0 Å². The number of aryl methyl sites for hydroxylation is 1. The van der Waals surface area contributed by atoms with Crippen molar-refractivity contribution < 1.29 is 31.5 Å². The van der Waals surface area contributed by atoms with Crippen LogP contribution in [0.4, 0.5) is 13.2 Å². The minimum Gasteiger partial charge on any atom is -0.475 e. The molecule has 0 fully saturated rings. The van der Waals surface area contributed by atoms with E-state index >= 15 is 0 Å². The molecule has 0 aliphatic carbocycles. The number of thiazole rings is 1. The van der Waals surface area contributed by atoms with Crippen LogP contribution in [0.2, 0.25) is 0 Å². The van der Waals surface area contributed by atoms with E-state index in [-0.39, 0.29) is 6.04 Å². The number of fused-ring (bicyclic) bond motifs is 1. The first-order chi connectivity index (χ1) is 13.9. The molecule has 0 bridgehead atoms. The third kappa shape index (κ3) is 7.34. The molecule has 168 valence electrons. The molecule has 0 saturated heterocycles. The molecule has 9 nitrogen and oxygen atoms in total. The molecule has 0 radical (unpaired) electrons. The van der Waals surface area contributed by atoms with Gasteiger partial charge in [-0.3, -0.25) is 4.90 Å². The molecule has 1 atom stereocenters. The molecular formula is C16H22F3N5O4S2. The molecule has 1 unspecified atom stereocenters. The Morgan fingerprint density at radius 2 is 2.10 bits per heavy atom. The van der Waals surface area contributed by atoms with Crippen LogP contribution in [0, 0.1) is 6.92 Å². The van der Waals surface area contributed by atoms with Crippen molar-refractivity contribution >= 4 is 27.3 Å². The first-order valence-corrected chi connectivity index (χ1v) is 11.5. The maximum Gasteiger partial charge on any atom is 0.490 e. The van der Waals surface area contributed by atoms with Crippen LogP contribution in [0.3, 0.4) is 0 Å². The summed E-state index contributed by atoms with van der Waals surface area (Å²) in [5.74, 6) is -2.76. The van der Waals surface area contributed by atoms with Crippen LogP contribution in [-0.2, 0) is 27.9 Å². The second-order valence-electron chi connectivity index (χ2n) is 6.73. The molecule has 2 N–H and O–H groups in total. The summed E-state index contributed by atoms with van der Waals surface area (Å²) in [4.78, 5) is 21.1. The fraction of sp³-hybridized carbons (Fsp3) is 0.562. The number of aromatic nitrogens is 3. The standard InChI is InChI=1S/C14H21N5O2S2.C2HF3O2/c1-11-14(22-10-16-11)8-18-6-12(3-4-17-23(2,20)21)19-9-15-5-13(19)7-18;3-2(4,5)1(6)7/h5,9-10,12,17H,3-4,6-8H2,1-2H3;(H,6,7). The SMILES string of the molecule is Cc1ncsc1CN1Cc2cncn2C(CCNS(C)(=O)=O)C1.O=C(O)C(F)(F)F. The van der Waals surface area contributed by atoms with Crippen LogP contribution in [0.25, 0.3) is 0 Å². The summed E-state index contributed by atoms with van der Waals surface area (Å²) in [6, 6.07) is 0.226. The van der Waals surface area contributed by atoms with Crippen molar-refractivity contribution in [1.82, 2.24) is 24.2 Å². The number of nitrogens with one attached hydrogen (secondary N) is 1. The second kappa shape index (κ2) is 9.85. The largest absolute Gasteiger partial charge is 0.490 e. The first-order valence-electron chi connectivity index (χ1n) is 8.73. The maximum atomic E-state index is 11.2. The fourth-order valence-corrected chi connectivity index (χ4v) is 4.21. The van der Waals surface area contributed by atoms with Gasteiger partial charge in [0.1, 0.15) is 0 Å². The minimum atomic E-state index is -5.08. The highest BCUT2D eigenvalue weighted by molar-refractivity contribution is 7.88. The lowest BCUT2D eigenvalue weighted by atomic mass is 10.1. The average Bonchev–Trinajstić information content (AvgIpc) is 3.23. The lowest BCUT2D eigenvalue weighted by Gasteiger charge is -2.34. The molecule has 3 heterocycles. The average molecular weight is 470 g/mol. The molecule has 0 amide bonds. The lowest BCUT2D eigenvalue weighted by Crippen LogP contribution is -2.38. The van der Waals surface area contributed by atoms with Gasteiger partial charge in [0.2, 0.25) is 10.0 Å². The molecule has 1 aliphatic rings. The summed E-state index contributed by atoms with van der Waals surface area (Å²) >= 11 is 1.68. The van der Waals surface area contributed by atoms with E-state index in [1.807, 2.05) is 25.0 Å². The zero-order valence-electron chi connectivity index (χ0n) is 16.3. The van der Waals surface area contributed by atoms with E-state index in [9.17, 15) is 21.6 Å². The topological polar surface area (TPSA) is 117 Å². The van der Waals surface area contributed by atoms with Crippen LogP contribution in [0.5, 0.6) is 0 Å². The highest BCUT2D eigenvalue weighted by Crippen LogP contribution is 2.26. The molecule has 0 aromatic carbocycles. The Bertz CT molecular complexity index is 958. The Hall–Kier alpha value is -2.03. The molecule has 0 saturated carbocycles. The van der Waals surface area contributed by atoms with Gasteiger partial charge >= 0.3 is 12.1 Å². The molecule has 3 rings (SSSR count). The molecule has 14 heteroatoms. The van der Waals surface area contributed by atoms with E-state index in [2.05, 4.69) is 24.2 Å². The zero-order valence-corrected chi connectivity index (χ0v) is 17.9. The number of nitrogens with zero attached hydrogens (tertiary/aromatic N) is 4. The third-order valence-corrected chi connectivity index (χ3v) is 5.94. The summed E-state index contributed by atoms with van der Waals surface area (Å²) < 4.78 is 58.9. The van der Waals surface area contributed by atoms with Gasteiger partial charge in [0.15, 0.2) is 0 Å². The molecule has 2 aromatic rings. The summed E-state index contributed by atoms with van der Waals surface area (Å²) in [5.41, 5.74) is 4.14. The minimum absolute atomic E-state index is 0.226. The van der Waals surface area contributed by atoms with E-state index in [4.69, 9.17) is 9.90 Å². The summed E-state index contributed by atoms with van der Waals surface area (Å²) in [7, 11) is -3.14. The highest BCUT2D eigenvalue weighted by Gasteiger charge is 2.38. The number of sulfonamides is 1. The van der Waals surface area contributed by atoms with Gasteiger partial charge in [0, 0.05) is 43.3 Å². The Labute approximate surface area is 175 Å². The normalized spacial score (nSPS) is 17.2. The number of carboxylic acid groups (broad SMARTS) is 1. The molecule has 1 aliphatic heterocycles. The number of hydrogen-bond donors (Lipinski definition) is 2. The van der Waals surface area contributed by atoms with Gasteiger partial charge in [-0.1, -0.05) is 0 Å². The van der Waals surface area contributed by atoms with E-state index in [0.717, 1.165) is 31.7 Å². The first kappa shape index (κ1) is 24.2. The number of aliphatic carboxylic acids is 1. The Morgan fingerprint density at radius 3 is 2.63 bits per heavy atom. The number of halogens is 3. The number of alkyl halides is 3. The second-order valence-corrected chi connectivity index (χ2v) is 9.51. The van der Waals surface area contributed by atoms with Gasteiger partial charge in [-0.05, 0) is 13.3 Å². The third-order valence-electron chi connectivity index (χ3n) is 4.29. The highest BCUT2D eigenvalue weighted by atomic mass is 32.2. The van der Waals surface area contributed by atoms with Crippen LogP contribution in [0.1, 0.15) is 28.7 Å². The smallest absolute Gasteiger partial charge is 0.475 e. The van der Waals surface area contributed by atoms with Crippen LogP contribution < -0.4 is 4.72 Å². The summed E-state index contributed by atoms with van der Waals surface area (Å²) in [5, 5.41) is 7.12. The molecule has 2 aromatic heterocycles. The van der Waals surface area contributed by atoms with Gasteiger partial charge in [0.25, 0.3) is 0 Å². The van der Waals surface area contributed by atoms with Gasteiger partial charge in [0.05, 0.1) is 29.5 Å². The molecule has 0 spiro atoms. The van der Waals surface area contributed by atoms with E-state index in [0.29, 0.717) is 6.54 Å². The van der Waals surface area contributed by atoms with Gasteiger partial charge < -0.3 is 9.67 Å². The molecular weight excluding hydrogens is 447 g/mol. The fourth-order valence-electron chi connectivity index (χ4n) is 2.91. The van der Waals surface area contributed by atoms with E-state index < -0.39 is 22.2 Å². The summed E-state index contributed by atoms with van der Waals surface area (Å²) in [6.07, 6.45) is 0.586. The Kier molecular flexibility index (Phi) is 7.96. The van der Waals surface area contributed by atoms with Crippen molar-refractivity contribution in [3.05, 3.63) is 34.3 Å². The quantitative estimate of drug-likeness (QED) is 0.662. The van der Waals surface area contributed by atoms with Crippen LogP contribution in [-0.4, -0.2) is 64.5 Å². The zero-order chi connectivity index (χ0) is 22.5. The van der Waals surface area contributed by atoms with Crippen LogP contribution in [0.15, 0.2) is 18.0 Å². The predicted molar refractivity (Wildman–Crippen MR) is 103 cm³/mol. The number of imidazole rings is 1. The van der Waals surface area contributed by atoms with Crippen molar-refractivity contribution in [3.63, 3.8) is 0 Å². The maximum absolute atomic E-state index is 11.2. The van der Waals surface area contributed by atoms with Gasteiger partial charge in [-0.2, -0.15) is 13.2 Å². The van der Waals surface area contributed by atoms with Gasteiger partial charge in [-0.15, -0.1) is 11.3 Å². The number of carboxylic acids is 1. The molecule has 30 heavy (non-hydrogen) atoms.